The molecule has 0 spiro atoms. The number of anilines is 1. The topological polar surface area (TPSA) is 57.6 Å². The van der Waals surface area contributed by atoms with Crippen molar-refractivity contribution in [2.75, 3.05) is 11.4 Å². The third-order valence-corrected chi connectivity index (χ3v) is 5.93. The van der Waals surface area contributed by atoms with Crippen molar-refractivity contribution in [1.29, 1.82) is 0 Å². The van der Waals surface area contributed by atoms with E-state index in [0.717, 1.165) is 6.42 Å². The quantitative estimate of drug-likeness (QED) is 0.470. The maximum absolute atomic E-state index is 13.3. The highest BCUT2D eigenvalue weighted by molar-refractivity contribution is 7.15. The van der Waals surface area contributed by atoms with Gasteiger partial charge in [0.25, 0.3) is 5.91 Å². The van der Waals surface area contributed by atoms with E-state index in [1.54, 1.807) is 0 Å². The summed E-state index contributed by atoms with van der Waals surface area (Å²) in [5.41, 5.74) is -1.01. The van der Waals surface area contributed by atoms with Crippen molar-refractivity contribution < 1.29 is 27.9 Å². The molecule has 0 unspecified atom stereocenters. The number of aromatic carboxylic acids is 1. The fraction of sp³-hybridized carbons (Fsp3) is 0.333. The minimum Gasteiger partial charge on any atom is -0.477 e. The molecule has 31 heavy (non-hydrogen) atoms. The molecule has 10 heteroatoms. The summed E-state index contributed by atoms with van der Waals surface area (Å²) in [5.74, 6) is 3.21. The lowest BCUT2D eigenvalue weighted by Gasteiger charge is -2.24. The van der Waals surface area contributed by atoms with Crippen LogP contribution < -0.4 is 4.90 Å². The number of rotatable bonds is 5. The van der Waals surface area contributed by atoms with Crippen LogP contribution in [-0.2, 0) is 0 Å². The zero-order chi connectivity index (χ0) is 23.6. The number of nitrogens with zero attached hydrogens (tertiary/aromatic N) is 1. The van der Waals surface area contributed by atoms with Crippen LogP contribution in [0.5, 0.6) is 0 Å². The minimum atomic E-state index is -4.79. The molecular weight excluding hydrogens is 474 g/mol. The number of alkyl halides is 3. The summed E-state index contributed by atoms with van der Waals surface area (Å²) >= 11 is 12.5. The highest BCUT2D eigenvalue weighted by Crippen LogP contribution is 2.35. The standard InChI is InChI=1S/C21H18Cl2F3NO3S/c1-4-20(2,3)8-7-13-10-16(17(31-13)19(29)30)27(11-21(24,25)26)18(28)14-6-5-12(22)9-15(14)23/h5-6,9-10H,4,11H2,1-3H3,(H,29,30). The normalized spacial score (nSPS) is 11.6. The van der Waals surface area contributed by atoms with Gasteiger partial charge in [-0.05, 0) is 44.5 Å². The van der Waals surface area contributed by atoms with Gasteiger partial charge in [0.1, 0.15) is 11.4 Å². The monoisotopic (exact) mass is 491 g/mol. The van der Waals surface area contributed by atoms with E-state index in [1.165, 1.54) is 24.3 Å². The zero-order valence-electron chi connectivity index (χ0n) is 16.7. The van der Waals surface area contributed by atoms with Gasteiger partial charge in [0.05, 0.1) is 21.2 Å². The van der Waals surface area contributed by atoms with Gasteiger partial charge in [-0.1, -0.05) is 42.0 Å². The van der Waals surface area contributed by atoms with E-state index in [4.69, 9.17) is 23.2 Å². The van der Waals surface area contributed by atoms with Gasteiger partial charge in [0, 0.05) is 10.4 Å². The van der Waals surface area contributed by atoms with Gasteiger partial charge in [0.2, 0.25) is 0 Å². The molecule has 0 bridgehead atoms. The summed E-state index contributed by atoms with van der Waals surface area (Å²) in [4.78, 5) is 24.9. The molecule has 0 aliphatic rings. The third kappa shape index (κ3) is 6.63. The number of carboxylic acid groups (broad SMARTS) is 1. The number of carbonyl (C=O) groups excluding carboxylic acids is 1. The molecule has 0 atom stereocenters. The highest BCUT2D eigenvalue weighted by Gasteiger charge is 2.37. The van der Waals surface area contributed by atoms with Gasteiger partial charge in [-0.3, -0.25) is 9.69 Å². The largest absolute Gasteiger partial charge is 0.477 e. The molecule has 2 aromatic rings. The summed E-state index contributed by atoms with van der Waals surface area (Å²) in [6.07, 6.45) is -4.07. The first-order chi connectivity index (χ1) is 14.2. The molecule has 1 heterocycles. The predicted molar refractivity (Wildman–Crippen MR) is 116 cm³/mol. The average Bonchev–Trinajstić information content (AvgIpc) is 3.08. The molecule has 1 aromatic heterocycles. The summed E-state index contributed by atoms with van der Waals surface area (Å²) in [6, 6.07) is 4.90. The van der Waals surface area contributed by atoms with Gasteiger partial charge in [-0.25, -0.2) is 4.79 Å². The molecule has 0 saturated carbocycles. The molecule has 0 fully saturated rings. The summed E-state index contributed by atoms with van der Waals surface area (Å²) in [6.45, 7) is 4.00. The molecule has 0 aliphatic carbocycles. The highest BCUT2D eigenvalue weighted by atomic mass is 35.5. The number of amides is 1. The van der Waals surface area contributed by atoms with E-state index in [-0.39, 0.29) is 25.9 Å². The Balaban J connectivity index is 2.63. The van der Waals surface area contributed by atoms with Crippen LogP contribution in [0.15, 0.2) is 24.3 Å². The van der Waals surface area contributed by atoms with Crippen molar-refractivity contribution in [3.63, 3.8) is 0 Å². The first-order valence-electron chi connectivity index (χ1n) is 8.98. The zero-order valence-corrected chi connectivity index (χ0v) is 19.1. The molecule has 1 N–H and O–H groups in total. The van der Waals surface area contributed by atoms with Crippen LogP contribution >= 0.6 is 34.5 Å². The fourth-order valence-electron chi connectivity index (χ4n) is 2.37. The lowest BCUT2D eigenvalue weighted by Crippen LogP contribution is -2.39. The van der Waals surface area contributed by atoms with E-state index in [0.29, 0.717) is 16.2 Å². The summed E-state index contributed by atoms with van der Waals surface area (Å²) in [7, 11) is 0. The Morgan fingerprint density at radius 1 is 1.19 bits per heavy atom. The van der Waals surface area contributed by atoms with Crippen LogP contribution in [0, 0.1) is 17.3 Å². The van der Waals surface area contributed by atoms with E-state index in [1.807, 2.05) is 20.8 Å². The van der Waals surface area contributed by atoms with Crippen LogP contribution in [0.3, 0.4) is 0 Å². The Morgan fingerprint density at radius 2 is 1.84 bits per heavy atom. The molecule has 0 radical (unpaired) electrons. The number of thiophene rings is 1. The smallest absolute Gasteiger partial charge is 0.406 e. The maximum Gasteiger partial charge on any atom is 0.406 e. The molecule has 1 aromatic carbocycles. The number of hydrogen-bond acceptors (Lipinski definition) is 3. The van der Waals surface area contributed by atoms with Gasteiger partial charge in [0.15, 0.2) is 0 Å². The fourth-order valence-corrected chi connectivity index (χ4v) is 3.71. The van der Waals surface area contributed by atoms with E-state index >= 15 is 0 Å². The van der Waals surface area contributed by atoms with Crippen LogP contribution in [0.4, 0.5) is 18.9 Å². The number of halogens is 5. The Morgan fingerprint density at radius 3 is 2.35 bits per heavy atom. The molecule has 0 saturated heterocycles. The number of carboxylic acids is 1. The lowest BCUT2D eigenvalue weighted by molar-refractivity contribution is -0.118. The van der Waals surface area contributed by atoms with Crippen molar-refractivity contribution >= 4 is 52.1 Å². The minimum absolute atomic E-state index is 0.151. The second kappa shape index (κ2) is 9.51. The Labute approximate surface area is 191 Å². The average molecular weight is 492 g/mol. The van der Waals surface area contributed by atoms with Gasteiger partial charge < -0.3 is 5.11 Å². The van der Waals surface area contributed by atoms with Gasteiger partial charge >= 0.3 is 12.1 Å². The second-order valence-corrected chi connectivity index (χ2v) is 9.14. The van der Waals surface area contributed by atoms with Crippen molar-refractivity contribution in [3.8, 4) is 11.8 Å². The van der Waals surface area contributed by atoms with Crippen LogP contribution in [0.2, 0.25) is 10.0 Å². The van der Waals surface area contributed by atoms with Crippen LogP contribution in [-0.4, -0.2) is 29.7 Å². The maximum atomic E-state index is 13.3. The van der Waals surface area contributed by atoms with E-state index in [2.05, 4.69) is 11.8 Å². The number of carbonyl (C=O) groups is 2. The molecule has 1 amide bonds. The predicted octanol–water partition coefficient (Wildman–Crippen LogP) is 6.75. The van der Waals surface area contributed by atoms with E-state index < -0.39 is 35.2 Å². The van der Waals surface area contributed by atoms with E-state index in [9.17, 15) is 27.9 Å². The van der Waals surface area contributed by atoms with Crippen molar-refractivity contribution in [1.82, 2.24) is 0 Å². The summed E-state index contributed by atoms with van der Waals surface area (Å²) in [5, 5.41) is 9.59. The molecule has 4 nitrogen and oxygen atoms in total. The van der Waals surface area contributed by atoms with Crippen molar-refractivity contribution in [2.24, 2.45) is 5.41 Å². The Hall–Kier alpha value is -2.21. The second-order valence-electron chi connectivity index (χ2n) is 7.25. The number of hydrogen-bond donors (Lipinski definition) is 1. The first kappa shape index (κ1) is 25.1. The SMILES string of the molecule is CCC(C)(C)C#Cc1cc(N(CC(F)(F)F)C(=O)c2ccc(Cl)cc2Cl)c(C(=O)O)s1. The summed E-state index contributed by atoms with van der Waals surface area (Å²) < 4.78 is 39.9. The lowest BCUT2D eigenvalue weighted by atomic mass is 9.91. The van der Waals surface area contributed by atoms with Crippen LogP contribution in [0.1, 0.15) is 52.1 Å². The molecular formula is C21H18Cl2F3NO3S. The van der Waals surface area contributed by atoms with Crippen LogP contribution in [0.25, 0.3) is 0 Å². The van der Waals surface area contributed by atoms with Crippen molar-refractivity contribution in [3.05, 3.63) is 49.6 Å². The Bertz CT molecular complexity index is 1070. The molecule has 0 aliphatic heterocycles. The molecule has 166 valence electrons. The number of benzene rings is 1. The van der Waals surface area contributed by atoms with Gasteiger partial charge in [-0.2, -0.15) is 13.2 Å². The van der Waals surface area contributed by atoms with Crippen molar-refractivity contribution in [2.45, 2.75) is 33.4 Å². The first-order valence-corrected chi connectivity index (χ1v) is 10.6. The Kier molecular flexibility index (Phi) is 7.69. The third-order valence-electron chi connectivity index (χ3n) is 4.35. The molecule has 2 rings (SSSR count). The van der Waals surface area contributed by atoms with Gasteiger partial charge in [-0.15, -0.1) is 11.3 Å².